The van der Waals surface area contributed by atoms with Gasteiger partial charge in [0.1, 0.15) is 0 Å². The van der Waals surface area contributed by atoms with Crippen LogP contribution in [0.3, 0.4) is 0 Å². The van der Waals surface area contributed by atoms with Gasteiger partial charge in [0.15, 0.2) is 0 Å². The topological polar surface area (TPSA) is 21.7 Å². The van der Waals surface area contributed by atoms with Crippen LogP contribution in [0.15, 0.2) is 0 Å². The average Bonchev–Trinajstić information content (AvgIpc) is 2.27. The number of nitrogens with zero attached hydrogens (tertiary/aromatic N) is 1. The maximum Gasteiger partial charge on any atom is 0.0728 e. The molecule has 3 heteroatoms. The Bertz CT molecular complexity index is 220. The molecule has 3 atom stereocenters. The fourth-order valence-electron chi connectivity index (χ4n) is 2.84. The number of ether oxygens (including phenoxy) is 2. The Morgan fingerprint density at radius 3 is 2.81 bits per heavy atom. The van der Waals surface area contributed by atoms with Crippen molar-refractivity contribution in [2.45, 2.75) is 39.3 Å². The molecule has 0 aliphatic carbocycles. The van der Waals surface area contributed by atoms with Crippen molar-refractivity contribution in [1.29, 1.82) is 0 Å². The van der Waals surface area contributed by atoms with E-state index in [0.29, 0.717) is 18.1 Å². The molecule has 2 saturated heterocycles. The molecule has 94 valence electrons. The smallest absolute Gasteiger partial charge is 0.0728 e. The lowest BCUT2D eigenvalue weighted by molar-refractivity contribution is -0.130. The molecular formula is C13H25NO2. The second-order valence-electron chi connectivity index (χ2n) is 5.70. The van der Waals surface area contributed by atoms with Crippen LogP contribution in [0.2, 0.25) is 0 Å². The highest BCUT2D eigenvalue weighted by atomic mass is 16.5. The van der Waals surface area contributed by atoms with E-state index in [1.807, 2.05) is 0 Å². The Morgan fingerprint density at radius 2 is 2.06 bits per heavy atom. The van der Waals surface area contributed by atoms with Gasteiger partial charge < -0.3 is 9.47 Å². The van der Waals surface area contributed by atoms with Crippen molar-refractivity contribution in [2.24, 2.45) is 11.8 Å². The molecular weight excluding hydrogens is 202 g/mol. The van der Waals surface area contributed by atoms with Crippen LogP contribution in [0.1, 0.15) is 27.2 Å². The van der Waals surface area contributed by atoms with E-state index in [9.17, 15) is 0 Å². The summed E-state index contributed by atoms with van der Waals surface area (Å²) in [4.78, 5) is 2.55. The van der Waals surface area contributed by atoms with Gasteiger partial charge >= 0.3 is 0 Å². The molecule has 2 aliphatic rings. The molecule has 3 unspecified atom stereocenters. The van der Waals surface area contributed by atoms with Gasteiger partial charge in [-0.25, -0.2) is 0 Å². The first-order chi connectivity index (χ1) is 7.66. The largest absolute Gasteiger partial charge is 0.378 e. The van der Waals surface area contributed by atoms with Gasteiger partial charge in [0, 0.05) is 13.1 Å². The lowest BCUT2D eigenvalue weighted by Gasteiger charge is -2.44. The van der Waals surface area contributed by atoms with Crippen LogP contribution in [0, 0.1) is 11.8 Å². The number of hydrogen-bond acceptors (Lipinski definition) is 3. The van der Waals surface area contributed by atoms with E-state index >= 15 is 0 Å². The van der Waals surface area contributed by atoms with Gasteiger partial charge in [-0.1, -0.05) is 20.8 Å². The summed E-state index contributed by atoms with van der Waals surface area (Å²) in [7, 11) is 0. The van der Waals surface area contributed by atoms with E-state index in [0.717, 1.165) is 38.8 Å². The van der Waals surface area contributed by atoms with Gasteiger partial charge in [-0.2, -0.15) is 0 Å². The van der Waals surface area contributed by atoms with E-state index in [1.54, 1.807) is 0 Å². The van der Waals surface area contributed by atoms with E-state index in [-0.39, 0.29) is 0 Å². The highest BCUT2D eigenvalue weighted by Gasteiger charge is 2.33. The Morgan fingerprint density at radius 1 is 1.25 bits per heavy atom. The van der Waals surface area contributed by atoms with Crippen LogP contribution in [-0.4, -0.2) is 50.0 Å². The van der Waals surface area contributed by atoms with Crippen molar-refractivity contribution < 1.29 is 9.47 Å². The third-order valence-corrected chi connectivity index (χ3v) is 3.74. The first-order valence-electron chi connectivity index (χ1n) is 6.60. The average molecular weight is 227 g/mol. The van der Waals surface area contributed by atoms with Crippen LogP contribution in [0.4, 0.5) is 0 Å². The SMILES string of the molecule is CC(C)CC(C)C1CN2CCOCC2CO1. The number of morpholine rings is 2. The molecule has 0 bridgehead atoms. The summed E-state index contributed by atoms with van der Waals surface area (Å²) in [6.45, 7) is 11.7. The lowest BCUT2D eigenvalue weighted by atomic mass is 9.92. The minimum Gasteiger partial charge on any atom is -0.378 e. The second-order valence-corrected chi connectivity index (χ2v) is 5.70. The minimum atomic E-state index is 0.428. The summed E-state index contributed by atoms with van der Waals surface area (Å²) in [5.74, 6) is 1.44. The maximum atomic E-state index is 5.99. The third kappa shape index (κ3) is 2.96. The molecule has 3 nitrogen and oxygen atoms in total. The van der Waals surface area contributed by atoms with Crippen molar-refractivity contribution in [3.63, 3.8) is 0 Å². The van der Waals surface area contributed by atoms with Gasteiger partial charge in [-0.05, 0) is 18.3 Å². The van der Waals surface area contributed by atoms with Crippen LogP contribution >= 0.6 is 0 Å². The molecule has 16 heavy (non-hydrogen) atoms. The van der Waals surface area contributed by atoms with Crippen LogP contribution < -0.4 is 0 Å². The van der Waals surface area contributed by atoms with Gasteiger partial charge in [0.05, 0.1) is 32.0 Å². The summed E-state index contributed by atoms with van der Waals surface area (Å²) in [5.41, 5.74) is 0. The Hall–Kier alpha value is -0.120. The summed E-state index contributed by atoms with van der Waals surface area (Å²) in [5, 5.41) is 0. The molecule has 0 amide bonds. The van der Waals surface area contributed by atoms with E-state index < -0.39 is 0 Å². The molecule has 2 aliphatic heterocycles. The molecule has 0 aromatic rings. The molecule has 0 saturated carbocycles. The minimum absolute atomic E-state index is 0.428. The van der Waals surface area contributed by atoms with Crippen molar-refractivity contribution in [3.05, 3.63) is 0 Å². The highest BCUT2D eigenvalue weighted by molar-refractivity contribution is 4.84. The quantitative estimate of drug-likeness (QED) is 0.733. The predicted molar refractivity (Wildman–Crippen MR) is 64.5 cm³/mol. The Kier molecular flexibility index (Phi) is 4.22. The van der Waals surface area contributed by atoms with E-state index in [1.165, 1.54) is 6.42 Å². The van der Waals surface area contributed by atoms with Gasteiger partial charge in [0.25, 0.3) is 0 Å². The predicted octanol–water partition coefficient (Wildman–Crippen LogP) is 1.77. The fourth-order valence-corrected chi connectivity index (χ4v) is 2.84. The van der Waals surface area contributed by atoms with Crippen LogP contribution in [-0.2, 0) is 9.47 Å². The van der Waals surface area contributed by atoms with Crippen LogP contribution in [0.5, 0.6) is 0 Å². The van der Waals surface area contributed by atoms with Crippen molar-refractivity contribution >= 4 is 0 Å². The van der Waals surface area contributed by atoms with Gasteiger partial charge in [0.2, 0.25) is 0 Å². The number of fused-ring (bicyclic) bond motifs is 1. The van der Waals surface area contributed by atoms with E-state index in [2.05, 4.69) is 25.7 Å². The van der Waals surface area contributed by atoms with Gasteiger partial charge in [-0.3, -0.25) is 4.90 Å². The zero-order valence-electron chi connectivity index (χ0n) is 10.8. The van der Waals surface area contributed by atoms with Crippen LogP contribution in [0.25, 0.3) is 0 Å². The normalized spacial score (nSPS) is 33.8. The standard InChI is InChI=1S/C13H25NO2/c1-10(2)6-11(3)13-7-14-4-5-15-8-12(14)9-16-13/h10-13H,4-9H2,1-3H3. The van der Waals surface area contributed by atoms with Gasteiger partial charge in [-0.15, -0.1) is 0 Å². The van der Waals surface area contributed by atoms with Crippen molar-refractivity contribution in [1.82, 2.24) is 4.90 Å². The lowest BCUT2D eigenvalue weighted by Crippen LogP contribution is -2.56. The molecule has 0 radical (unpaired) electrons. The summed E-state index contributed by atoms with van der Waals surface area (Å²) in [6.07, 6.45) is 1.69. The molecule has 0 aromatic heterocycles. The third-order valence-electron chi connectivity index (χ3n) is 3.74. The molecule has 2 fully saturated rings. The fraction of sp³-hybridized carbons (Fsp3) is 1.00. The number of hydrogen-bond donors (Lipinski definition) is 0. The molecule has 0 aromatic carbocycles. The Labute approximate surface area is 99.1 Å². The maximum absolute atomic E-state index is 5.99. The monoisotopic (exact) mass is 227 g/mol. The highest BCUT2D eigenvalue weighted by Crippen LogP contribution is 2.24. The van der Waals surface area contributed by atoms with E-state index in [4.69, 9.17) is 9.47 Å². The molecule has 0 spiro atoms. The summed E-state index contributed by atoms with van der Waals surface area (Å²) in [6, 6.07) is 0.510. The first-order valence-corrected chi connectivity index (χ1v) is 6.60. The molecule has 2 rings (SSSR count). The molecule has 0 N–H and O–H groups in total. The summed E-state index contributed by atoms with van der Waals surface area (Å²) < 4.78 is 11.5. The molecule has 2 heterocycles. The second kappa shape index (κ2) is 5.48. The zero-order valence-corrected chi connectivity index (χ0v) is 10.8. The number of rotatable bonds is 3. The van der Waals surface area contributed by atoms with Crippen molar-refractivity contribution in [2.75, 3.05) is 32.9 Å². The summed E-state index contributed by atoms with van der Waals surface area (Å²) >= 11 is 0. The Balaban J connectivity index is 1.84. The first kappa shape index (κ1) is 12.3. The zero-order chi connectivity index (χ0) is 11.5. The van der Waals surface area contributed by atoms with Crippen molar-refractivity contribution in [3.8, 4) is 0 Å².